The maximum absolute atomic E-state index is 3.55. The van der Waals surface area contributed by atoms with Crippen LogP contribution in [-0.2, 0) is 0 Å². The second-order valence-electron chi connectivity index (χ2n) is 5.48. The first-order valence-corrected chi connectivity index (χ1v) is 6.48. The molecular weight excluding hydrogens is 170 g/mol. The maximum atomic E-state index is 3.55. The molecule has 2 aliphatic carbocycles. The zero-order valence-corrected chi connectivity index (χ0v) is 9.76. The lowest BCUT2D eigenvalue weighted by Gasteiger charge is -2.26. The Morgan fingerprint density at radius 3 is 2.29 bits per heavy atom. The molecule has 0 saturated heterocycles. The second kappa shape index (κ2) is 4.65. The third-order valence-electron chi connectivity index (χ3n) is 4.43. The third kappa shape index (κ3) is 2.50. The van der Waals surface area contributed by atoms with E-state index in [4.69, 9.17) is 0 Å². The largest absolute Gasteiger partial charge is 0.317 e. The highest BCUT2D eigenvalue weighted by Gasteiger charge is 2.33. The molecular formula is C13H25N. The molecule has 0 amide bonds. The topological polar surface area (TPSA) is 12.0 Å². The van der Waals surface area contributed by atoms with Crippen molar-refractivity contribution in [3.05, 3.63) is 0 Å². The van der Waals surface area contributed by atoms with E-state index in [-0.39, 0.29) is 0 Å². The molecule has 0 aromatic carbocycles. The summed E-state index contributed by atoms with van der Waals surface area (Å²) >= 11 is 0. The molecule has 1 N–H and O–H groups in total. The quantitative estimate of drug-likeness (QED) is 0.710. The van der Waals surface area contributed by atoms with Crippen molar-refractivity contribution in [2.45, 2.75) is 57.9 Å². The van der Waals surface area contributed by atoms with Crippen molar-refractivity contribution in [1.82, 2.24) is 5.32 Å². The van der Waals surface area contributed by atoms with Gasteiger partial charge in [0.25, 0.3) is 0 Å². The Morgan fingerprint density at radius 2 is 1.79 bits per heavy atom. The lowest BCUT2D eigenvalue weighted by Crippen LogP contribution is -2.34. The van der Waals surface area contributed by atoms with Crippen LogP contribution in [0.15, 0.2) is 0 Å². The molecule has 1 nitrogen and oxygen atoms in total. The molecule has 2 atom stereocenters. The van der Waals surface area contributed by atoms with Gasteiger partial charge >= 0.3 is 0 Å². The van der Waals surface area contributed by atoms with Gasteiger partial charge in [-0.15, -0.1) is 0 Å². The summed E-state index contributed by atoms with van der Waals surface area (Å²) in [5, 5.41) is 3.55. The Bertz CT molecular complexity index is 168. The third-order valence-corrected chi connectivity index (χ3v) is 4.43. The van der Waals surface area contributed by atoms with Gasteiger partial charge in [-0.2, -0.15) is 0 Å². The van der Waals surface area contributed by atoms with E-state index in [9.17, 15) is 0 Å². The van der Waals surface area contributed by atoms with E-state index in [1.807, 2.05) is 0 Å². The van der Waals surface area contributed by atoms with Gasteiger partial charge in [0, 0.05) is 6.04 Å². The van der Waals surface area contributed by atoms with Crippen LogP contribution in [-0.4, -0.2) is 13.1 Å². The SMILES string of the molecule is CNC(CC1CCCC1)C(C)C1CC1. The summed E-state index contributed by atoms with van der Waals surface area (Å²) in [6.07, 6.45) is 10.4. The van der Waals surface area contributed by atoms with E-state index in [1.54, 1.807) is 0 Å². The Hall–Kier alpha value is -0.0400. The first-order chi connectivity index (χ1) is 6.81. The molecule has 2 unspecified atom stereocenters. The highest BCUT2D eigenvalue weighted by atomic mass is 14.9. The monoisotopic (exact) mass is 195 g/mol. The molecule has 82 valence electrons. The van der Waals surface area contributed by atoms with Crippen molar-refractivity contribution in [1.29, 1.82) is 0 Å². The van der Waals surface area contributed by atoms with Crippen LogP contribution in [0.3, 0.4) is 0 Å². The van der Waals surface area contributed by atoms with Gasteiger partial charge in [0.05, 0.1) is 0 Å². The van der Waals surface area contributed by atoms with Crippen LogP contribution in [0, 0.1) is 17.8 Å². The summed E-state index contributed by atoms with van der Waals surface area (Å²) in [5.41, 5.74) is 0. The van der Waals surface area contributed by atoms with Crippen LogP contribution in [0.25, 0.3) is 0 Å². The van der Waals surface area contributed by atoms with E-state index < -0.39 is 0 Å². The van der Waals surface area contributed by atoms with Crippen molar-refractivity contribution < 1.29 is 0 Å². The minimum atomic E-state index is 0.797. The molecule has 2 saturated carbocycles. The number of hydrogen-bond donors (Lipinski definition) is 1. The minimum Gasteiger partial charge on any atom is -0.317 e. The molecule has 0 spiro atoms. The predicted molar refractivity (Wildman–Crippen MR) is 61.3 cm³/mol. The van der Waals surface area contributed by atoms with E-state index in [0.29, 0.717) is 0 Å². The summed E-state index contributed by atoms with van der Waals surface area (Å²) < 4.78 is 0. The zero-order valence-electron chi connectivity index (χ0n) is 9.76. The Balaban J connectivity index is 1.78. The van der Waals surface area contributed by atoms with Crippen LogP contribution < -0.4 is 5.32 Å². The molecule has 0 heterocycles. The zero-order chi connectivity index (χ0) is 9.97. The summed E-state index contributed by atoms with van der Waals surface area (Å²) in [4.78, 5) is 0. The standard InChI is InChI=1S/C13H25N/c1-10(12-7-8-12)13(14-2)9-11-5-3-4-6-11/h10-14H,3-9H2,1-2H3. The molecule has 2 rings (SSSR count). The fraction of sp³-hybridized carbons (Fsp3) is 1.00. The molecule has 0 aromatic rings. The van der Waals surface area contributed by atoms with Gasteiger partial charge in [0.2, 0.25) is 0 Å². The molecule has 0 aliphatic heterocycles. The fourth-order valence-electron chi connectivity index (χ4n) is 3.15. The molecule has 1 heteroatoms. The molecule has 14 heavy (non-hydrogen) atoms. The van der Waals surface area contributed by atoms with E-state index in [1.165, 1.54) is 44.9 Å². The smallest absolute Gasteiger partial charge is 0.00949 e. The highest BCUT2D eigenvalue weighted by Crippen LogP contribution is 2.40. The van der Waals surface area contributed by atoms with Crippen molar-refractivity contribution in [3.8, 4) is 0 Å². The van der Waals surface area contributed by atoms with Crippen LogP contribution in [0.2, 0.25) is 0 Å². The van der Waals surface area contributed by atoms with Gasteiger partial charge in [-0.1, -0.05) is 32.6 Å². The summed E-state index contributed by atoms with van der Waals surface area (Å²) in [5.74, 6) is 3.00. The highest BCUT2D eigenvalue weighted by molar-refractivity contribution is 4.87. The first kappa shape index (κ1) is 10.5. The molecule has 2 aliphatic rings. The maximum Gasteiger partial charge on any atom is 0.00949 e. The summed E-state index contributed by atoms with van der Waals surface area (Å²) in [6, 6.07) is 0.797. The lowest BCUT2D eigenvalue weighted by atomic mass is 9.88. The molecule has 0 bridgehead atoms. The Kier molecular flexibility index (Phi) is 3.48. The van der Waals surface area contributed by atoms with Gasteiger partial charge in [-0.25, -0.2) is 0 Å². The van der Waals surface area contributed by atoms with Gasteiger partial charge in [-0.3, -0.25) is 0 Å². The second-order valence-corrected chi connectivity index (χ2v) is 5.48. The van der Waals surface area contributed by atoms with Gasteiger partial charge in [-0.05, 0) is 44.1 Å². The number of hydrogen-bond acceptors (Lipinski definition) is 1. The van der Waals surface area contributed by atoms with Crippen LogP contribution in [0.1, 0.15) is 51.9 Å². The Labute approximate surface area is 88.7 Å². The minimum absolute atomic E-state index is 0.797. The first-order valence-electron chi connectivity index (χ1n) is 6.48. The van der Waals surface area contributed by atoms with E-state index in [2.05, 4.69) is 19.3 Å². The van der Waals surface area contributed by atoms with Crippen molar-refractivity contribution in [2.75, 3.05) is 7.05 Å². The van der Waals surface area contributed by atoms with E-state index in [0.717, 1.165) is 23.8 Å². The van der Waals surface area contributed by atoms with Crippen molar-refractivity contribution in [2.24, 2.45) is 17.8 Å². The van der Waals surface area contributed by atoms with Crippen LogP contribution in [0.4, 0.5) is 0 Å². The summed E-state index contributed by atoms with van der Waals surface area (Å²) in [6.45, 7) is 2.45. The van der Waals surface area contributed by atoms with Crippen LogP contribution >= 0.6 is 0 Å². The molecule has 0 aromatic heterocycles. The van der Waals surface area contributed by atoms with Gasteiger partial charge in [0.1, 0.15) is 0 Å². The predicted octanol–water partition coefficient (Wildman–Crippen LogP) is 3.20. The lowest BCUT2D eigenvalue weighted by molar-refractivity contribution is 0.297. The average molecular weight is 195 g/mol. The van der Waals surface area contributed by atoms with Gasteiger partial charge in [0.15, 0.2) is 0 Å². The Morgan fingerprint density at radius 1 is 1.14 bits per heavy atom. The van der Waals surface area contributed by atoms with Crippen LogP contribution in [0.5, 0.6) is 0 Å². The van der Waals surface area contributed by atoms with E-state index >= 15 is 0 Å². The van der Waals surface area contributed by atoms with Gasteiger partial charge < -0.3 is 5.32 Å². The van der Waals surface area contributed by atoms with Crippen molar-refractivity contribution >= 4 is 0 Å². The average Bonchev–Trinajstić information content (AvgIpc) is 2.93. The molecule has 2 fully saturated rings. The normalized spacial score (nSPS) is 27.9. The summed E-state index contributed by atoms with van der Waals surface area (Å²) in [7, 11) is 2.15. The van der Waals surface area contributed by atoms with Crippen molar-refractivity contribution in [3.63, 3.8) is 0 Å². The fourth-order valence-corrected chi connectivity index (χ4v) is 3.15. The molecule has 0 radical (unpaired) electrons. The number of rotatable bonds is 5. The number of nitrogens with one attached hydrogen (secondary N) is 1.